The second kappa shape index (κ2) is 8.25. The molecule has 1 aliphatic rings. The predicted molar refractivity (Wildman–Crippen MR) is 127 cm³/mol. The first-order chi connectivity index (χ1) is 14.8. The van der Waals surface area contributed by atoms with Crippen LogP contribution in [0.1, 0.15) is 29.5 Å². The number of fused-ring (bicyclic) bond motifs is 2. The zero-order valence-electron chi connectivity index (χ0n) is 16.6. The van der Waals surface area contributed by atoms with Gasteiger partial charge < -0.3 is 5.32 Å². The van der Waals surface area contributed by atoms with E-state index in [0.29, 0.717) is 13.0 Å². The van der Waals surface area contributed by atoms with E-state index in [9.17, 15) is 4.79 Å². The molecule has 1 amide bonds. The maximum absolute atomic E-state index is 12.5. The number of amides is 1. The molecule has 30 heavy (non-hydrogen) atoms. The topological polar surface area (TPSA) is 41.5 Å². The Hall–Kier alpha value is -3.24. The van der Waals surface area contributed by atoms with Crippen molar-refractivity contribution < 1.29 is 4.79 Å². The fourth-order valence-corrected chi connectivity index (χ4v) is 5.06. The Labute approximate surface area is 180 Å². The Balaban J connectivity index is 1.35. The average molecular weight is 411 g/mol. The molecule has 0 atom stereocenters. The van der Waals surface area contributed by atoms with Gasteiger partial charge in [0, 0.05) is 33.5 Å². The van der Waals surface area contributed by atoms with Gasteiger partial charge >= 0.3 is 0 Å². The van der Waals surface area contributed by atoms with E-state index >= 15 is 0 Å². The van der Waals surface area contributed by atoms with Crippen LogP contribution in [0.5, 0.6) is 0 Å². The molecule has 1 aliphatic heterocycles. The van der Waals surface area contributed by atoms with Gasteiger partial charge in [-0.2, -0.15) is 0 Å². The van der Waals surface area contributed by atoms with E-state index in [0.717, 1.165) is 24.1 Å². The first-order valence-electron chi connectivity index (χ1n) is 10.3. The maximum atomic E-state index is 12.5. The number of anilines is 1. The number of carbonyl (C=O) groups is 1. The molecule has 3 aromatic carbocycles. The molecule has 0 aliphatic carbocycles. The zero-order chi connectivity index (χ0) is 20.3. The lowest BCUT2D eigenvalue weighted by atomic mass is 10.00. The van der Waals surface area contributed by atoms with Gasteiger partial charge in [-0.25, -0.2) is 0 Å². The Morgan fingerprint density at radius 3 is 2.70 bits per heavy atom. The molecule has 4 heteroatoms. The van der Waals surface area contributed by atoms with Crippen LogP contribution in [0.2, 0.25) is 0 Å². The van der Waals surface area contributed by atoms with Gasteiger partial charge in [-0.1, -0.05) is 48.5 Å². The molecular formula is C26H22N2OS. The van der Waals surface area contributed by atoms with Crippen LogP contribution in [-0.4, -0.2) is 12.1 Å². The largest absolute Gasteiger partial charge is 0.326 e. The van der Waals surface area contributed by atoms with Crippen LogP contribution in [0.3, 0.4) is 0 Å². The third-order valence-corrected chi connectivity index (χ3v) is 6.60. The van der Waals surface area contributed by atoms with Crippen LogP contribution in [0.15, 0.2) is 77.8 Å². The molecule has 1 aromatic heterocycles. The van der Waals surface area contributed by atoms with E-state index in [1.165, 1.54) is 31.7 Å². The first kappa shape index (κ1) is 18.8. The van der Waals surface area contributed by atoms with Crippen LogP contribution in [0.4, 0.5) is 5.69 Å². The van der Waals surface area contributed by atoms with Gasteiger partial charge in [0.25, 0.3) is 0 Å². The summed E-state index contributed by atoms with van der Waals surface area (Å²) in [7, 11) is 0. The number of aryl methyl sites for hydroxylation is 1. The van der Waals surface area contributed by atoms with Crippen molar-refractivity contribution in [1.29, 1.82) is 0 Å². The number of nitrogens with zero attached hydrogens (tertiary/aromatic N) is 1. The number of nitrogens with one attached hydrogen (secondary N) is 1. The number of thiophene rings is 1. The summed E-state index contributed by atoms with van der Waals surface area (Å²) in [6.45, 7) is 0.699. The minimum absolute atomic E-state index is 0.0584. The van der Waals surface area contributed by atoms with Crippen molar-refractivity contribution in [1.82, 2.24) is 0 Å². The normalized spacial score (nSPS) is 12.3. The first-order valence-corrected chi connectivity index (χ1v) is 11.1. The Kier molecular flexibility index (Phi) is 5.16. The molecule has 0 unspecified atom stereocenters. The summed E-state index contributed by atoms with van der Waals surface area (Å²) in [5, 5.41) is 4.36. The fraction of sp³-hybridized carbons (Fsp3) is 0.154. The molecule has 4 aromatic rings. The van der Waals surface area contributed by atoms with Gasteiger partial charge in [-0.05, 0) is 59.2 Å². The van der Waals surface area contributed by atoms with Crippen molar-refractivity contribution in [3.8, 4) is 10.4 Å². The highest BCUT2D eigenvalue weighted by molar-refractivity contribution is 7.22. The van der Waals surface area contributed by atoms with Crippen molar-refractivity contribution in [3.63, 3.8) is 0 Å². The lowest BCUT2D eigenvalue weighted by molar-refractivity contribution is -0.116. The number of aliphatic imine (C=N–C) groups is 1. The molecule has 2 heterocycles. The molecule has 0 saturated heterocycles. The number of carbonyl (C=O) groups excluding carboxylic acids is 1. The van der Waals surface area contributed by atoms with E-state index in [1.54, 1.807) is 11.3 Å². The minimum atomic E-state index is 0.0584. The second-order valence-corrected chi connectivity index (χ2v) is 8.68. The van der Waals surface area contributed by atoms with E-state index in [-0.39, 0.29) is 5.91 Å². The average Bonchev–Trinajstić information content (AvgIpc) is 3.40. The molecule has 0 saturated carbocycles. The van der Waals surface area contributed by atoms with Gasteiger partial charge in [-0.3, -0.25) is 9.79 Å². The summed E-state index contributed by atoms with van der Waals surface area (Å²) in [5.74, 6) is 0.0584. The standard InChI is InChI=1S/C26H22N2OS/c29-26(12-6-9-18-7-2-1-3-8-18)28-21-13-20-16-27-17-23(20)22(15-21)25-14-19-10-4-5-11-24(19)30-25/h1-5,7-8,10-11,13-16H,6,9,12,17H2,(H,28,29). The van der Waals surface area contributed by atoms with Crippen LogP contribution >= 0.6 is 11.3 Å². The Morgan fingerprint density at radius 1 is 1.00 bits per heavy atom. The van der Waals surface area contributed by atoms with Crippen LogP contribution in [0.25, 0.3) is 20.5 Å². The number of rotatable bonds is 6. The smallest absolute Gasteiger partial charge is 0.224 e. The zero-order valence-corrected chi connectivity index (χ0v) is 17.4. The number of hydrogen-bond donors (Lipinski definition) is 1. The maximum Gasteiger partial charge on any atom is 0.224 e. The van der Waals surface area contributed by atoms with E-state index in [2.05, 4.69) is 58.8 Å². The highest BCUT2D eigenvalue weighted by Gasteiger charge is 2.17. The molecule has 0 fully saturated rings. The predicted octanol–water partition coefficient (Wildman–Crippen LogP) is 6.46. The van der Waals surface area contributed by atoms with Crippen molar-refractivity contribution >= 4 is 39.2 Å². The van der Waals surface area contributed by atoms with Gasteiger partial charge in [-0.15, -0.1) is 11.3 Å². The summed E-state index contributed by atoms with van der Waals surface area (Å²) >= 11 is 1.79. The molecule has 3 nitrogen and oxygen atoms in total. The Bertz CT molecular complexity index is 1210. The van der Waals surface area contributed by atoms with E-state index < -0.39 is 0 Å². The molecule has 148 valence electrons. The van der Waals surface area contributed by atoms with E-state index in [4.69, 9.17) is 0 Å². The van der Waals surface area contributed by atoms with Gasteiger partial charge in [0.15, 0.2) is 0 Å². The SMILES string of the molecule is O=C(CCCc1ccccc1)Nc1cc2c(c(-c3cc4ccccc4s3)c1)CN=C2. The lowest BCUT2D eigenvalue weighted by Gasteiger charge is -2.11. The van der Waals surface area contributed by atoms with Gasteiger partial charge in [0.05, 0.1) is 6.54 Å². The lowest BCUT2D eigenvalue weighted by Crippen LogP contribution is -2.12. The highest BCUT2D eigenvalue weighted by atomic mass is 32.1. The number of benzene rings is 3. The van der Waals surface area contributed by atoms with Crippen LogP contribution in [-0.2, 0) is 17.8 Å². The molecule has 0 spiro atoms. The summed E-state index contributed by atoms with van der Waals surface area (Å²) in [6, 6.07) is 25.1. The molecule has 5 rings (SSSR count). The molecule has 0 bridgehead atoms. The number of hydrogen-bond acceptors (Lipinski definition) is 3. The van der Waals surface area contributed by atoms with Gasteiger partial charge in [0.2, 0.25) is 5.91 Å². The quantitative estimate of drug-likeness (QED) is 0.389. The molecule has 0 radical (unpaired) electrons. The second-order valence-electron chi connectivity index (χ2n) is 7.60. The third kappa shape index (κ3) is 3.91. The van der Waals surface area contributed by atoms with Crippen molar-refractivity contribution in [2.75, 3.05) is 5.32 Å². The fourth-order valence-electron chi connectivity index (χ4n) is 3.95. The summed E-state index contributed by atoms with van der Waals surface area (Å²) in [4.78, 5) is 18.2. The minimum Gasteiger partial charge on any atom is -0.326 e. The van der Waals surface area contributed by atoms with Crippen molar-refractivity contribution in [2.45, 2.75) is 25.8 Å². The van der Waals surface area contributed by atoms with Crippen LogP contribution in [0, 0.1) is 0 Å². The van der Waals surface area contributed by atoms with Crippen molar-refractivity contribution in [3.05, 3.63) is 89.5 Å². The van der Waals surface area contributed by atoms with Crippen molar-refractivity contribution in [2.24, 2.45) is 4.99 Å². The highest BCUT2D eigenvalue weighted by Crippen LogP contribution is 2.39. The summed E-state index contributed by atoms with van der Waals surface area (Å²) < 4.78 is 1.27. The third-order valence-electron chi connectivity index (χ3n) is 5.45. The Morgan fingerprint density at radius 2 is 1.83 bits per heavy atom. The molecule has 1 N–H and O–H groups in total. The monoisotopic (exact) mass is 410 g/mol. The van der Waals surface area contributed by atoms with Gasteiger partial charge in [0.1, 0.15) is 0 Å². The molecular weight excluding hydrogens is 388 g/mol. The summed E-state index contributed by atoms with van der Waals surface area (Å²) in [6.07, 6.45) is 4.18. The van der Waals surface area contributed by atoms with Crippen LogP contribution < -0.4 is 5.32 Å². The van der Waals surface area contributed by atoms with E-state index in [1.807, 2.05) is 30.5 Å². The summed E-state index contributed by atoms with van der Waals surface area (Å²) in [5.41, 5.74) is 5.63.